The third-order valence-corrected chi connectivity index (χ3v) is 4.32. The fourth-order valence-corrected chi connectivity index (χ4v) is 3.21. The van der Waals surface area contributed by atoms with Crippen molar-refractivity contribution in [3.8, 4) is 0 Å². The highest BCUT2D eigenvalue weighted by Crippen LogP contribution is 2.30. The van der Waals surface area contributed by atoms with Crippen LogP contribution in [0.4, 0.5) is 13.2 Å². The van der Waals surface area contributed by atoms with Crippen LogP contribution < -0.4 is 0 Å². The zero-order chi connectivity index (χ0) is 15.9. The van der Waals surface area contributed by atoms with Crippen molar-refractivity contribution in [2.24, 2.45) is 0 Å². The van der Waals surface area contributed by atoms with Crippen molar-refractivity contribution in [1.29, 1.82) is 0 Å². The largest absolute Gasteiger partial charge is 0.416 e. The molecule has 2 heterocycles. The molecule has 2 saturated heterocycles. The van der Waals surface area contributed by atoms with E-state index in [0.717, 1.165) is 12.1 Å². The van der Waals surface area contributed by atoms with E-state index in [1.165, 1.54) is 12.1 Å². The van der Waals surface area contributed by atoms with E-state index in [4.69, 9.17) is 0 Å². The number of aliphatic hydroxyl groups excluding tert-OH is 1. The van der Waals surface area contributed by atoms with Crippen molar-refractivity contribution in [2.45, 2.75) is 24.7 Å². The van der Waals surface area contributed by atoms with Crippen molar-refractivity contribution >= 4 is 5.91 Å². The van der Waals surface area contributed by atoms with E-state index >= 15 is 0 Å². The summed E-state index contributed by atoms with van der Waals surface area (Å²) < 4.78 is 38.2. The van der Waals surface area contributed by atoms with Crippen LogP contribution >= 0.6 is 0 Å². The highest BCUT2D eigenvalue weighted by molar-refractivity contribution is 5.94. The molecule has 2 aliphatic heterocycles. The summed E-state index contributed by atoms with van der Waals surface area (Å²) in [6.07, 6.45) is -4.23. The normalized spacial score (nSPS) is 26.1. The van der Waals surface area contributed by atoms with E-state index in [0.29, 0.717) is 32.6 Å². The summed E-state index contributed by atoms with van der Waals surface area (Å²) >= 11 is 0. The first-order valence-corrected chi connectivity index (χ1v) is 7.23. The van der Waals surface area contributed by atoms with Gasteiger partial charge in [-0.05, 0) is 24.6 Å². The summed E-state index contributed by atoms with van der Waals surface area (Å²) in [6, 6.07) is 4.62. The molecule has 1 amide bonds. The van der Waals surface area contributed by atoms with Gasteiger partial charge < -0.3 is 10.0 Å². The molecule has 2 aliphatic rings. The molecule has 22 heavy (non-hydrogen) atoms. The number of carbonyl (C=O) groups is 1. The lowest BCUT2D eigenvalue weighted by molar-refractivity contribution is -0.137. The molecule has 1 aromatic rings. The van der Waals surface area contributed by atoms with Gasteiger partial charge in [0, 0.05) is 37.8 Å². The molecule has 0 radical (unpaired) electrons. The smallest absolute Gasteiger partial charge is 0.392 e. The summed E-state index contributed by atoms with van der Waals surface area (Å²) in [5, 5.41) is 9.66. The summed E-state index contributed by atoms with van der Waals surface area (Å²) in [4.78, 5) is 16.1. The van der Waals surface area contributed by atoms with Crippen molar-refractivity contribution in [2.75, 3.05) is 26.2 Å². The number of halogens is 3. The van der Waals surface area contributed by atoms with Crippen LogP contribution in [-0.4, -0.2) is 59.1 Å². The molecule has 0 bridgehead atoms. The maximum Gasteiger partial charge on any atom is 0.416 e. The number of hydrogen-bond donors (Lipinski definition) is 1. The molecule has 2 fully saturated rings. The second kappa shape index (κ2) is 5.55. The molecule has 4 nitrogen and oxygen atoms in total. The summed E-state index contributed by atoms with van der Waals surface area (Å²) in [5.41, 5.74) is -0.755. The van der Waals surface area contributed by atoms with Gasteiger partial charge >= 0.3 is 6.18 Å². The molecular formula is C15H17F3N2O2. The van der Waals surface area contributed by atoms with Crippen molar-refractivity contribution in [3.63, 3.8) is 0 Å². The van der Waals surface area contributed by atoms with E-state index in [-0.39, 0.29) is 23.6 Å². The Kier molecular flexibility index (Phi) is 3.86. The Morgan fingerprint density at radius 1 is 1.23 bits per heavy atom. The van der Waals surface area contributed by atoms with Gasteiger partial charge in [0.2, 0.25) is 0 Å². The van der Waals surface area contributed by atoms with E-state index in [9.17, 15) is 23.1 Å². The molecule has 0 aromatic heterocycles. The van der Waals surface area contributed by atoms with E-state index in [1.807, 2.05) is 0 Å². The zero-order valence-corrected chi connectivity index (χ0v) is 11.9. The lowest BCUT2D eigenvalue weighted by Gasteiger charge is -2.37. The van der Waals surface area contributed by atoms with Crippen LogP contribution in [0.15, 0.2) is 24.3 Å². The first kappa shape index (κ1) is 15.3. The number of piperazine rings is 1. The molecule has 0 spiro atoms. The Balaban J connectivity index is 1.74. The number of alkyl halides is 3. The fourth-order valence-electron chi connectivity index (χ4n) is 3.21. The van der Waals surface area contributed by atoms with Gasteiger partial charge in [0.25, 0.3) is 5.91 Å². The van der Waals surface area contributed by atoms with Gasteiger partial charge in [0.1, 0.15) is 0 Å². The van der Waals surface area contributed by atoms with Crippen molar-refractivity contribution in [3.05, 3.63) is 35.4 Å². The predicted molar refractivity (Wildman–Crippen MR) is 73.3 cm³/mol. The third kappa shape index (κ3) is 2.96. The molecule has 0 saturated carbocycles. The number of amides is 1. The Morgan fingerprint density at radius 3 is 2.73 bits per heavy atom. The van der Waals surface area contributed by atoms with Crippen LogP contribution in [0.3, 0.4) is 0 Å². The number of rotatable bonds is 1. The van der Waals surface area contributed by atoms with E-state index in [2.05, 4.69) is 4.90 Å². The molecule has 3 rings (SSSR count). The van der Waals surface area contributed by atoms with E-state index < -0.39 is 11.7 Å². The van der Waals surface area contributed by atoms with Gasteiger partial charge in [-0.25, -0.2) is 0 Å². The minimum absolute atomic E-state index is 0.0572. The van der Waals surface area contributed by atoms with Crippen LogP contribution in [0.1, 0.15) is 22.3 Å². The minimum atomic E-state index is -4.45. The first-order chi connectivity index (χ1) is 10.3. The van der Waals surface area contributed by atoms with Crippen LogP contribution in [-0.2, 0) is 6.18 Å². The van der Waals surface area contributed by atoms with Gasteiger partial charge in [-0.15, -0.1) is 0 Å². The number of fused-ring (bicyclic) bond motifs is 1. The quantitative estimate of drug-likeness (QED) is 0.856. The second-order valence-electron chi connectivity index (χ2n) is 5.87. The van der Waals surface area contributed by atoms with Gasteiger partial charge in [-0.1, -0.05) is 6.07 Å². The third-order valence-electron chi connectivity index (χ3n) is 4.32. The summed E-state index contributed by atoms with van der Waals surface area (Å²) in [5.74, 6) is -0.382. The van der Waals surface area contributed by atoms with Gasteiger partial charge in [-0.3, -0.25) is 9.69 Å². The fraction of sp³-hybridized carbons (Fsp3) is 0.533. The standard InChI is InChI=1S/C15H17F3N2O2/c16-15(17,18)11-3-1-2-10(6-11)14(22)20-5-4-19-9-13(21)7-12(19)8-20/h1-3,6,12-13,21H,4-5,7-9H2/t12-,13-/m1/s1. The van der Waals surface area contributed by atoms with Gasteiger partial charge in [0.15, 0.2) is 0 Å². The van der Waals surface area contributed by atoms with Crippen molar-refractivity contribution in [1.82, 2.24) is 9.80 Å². The Morgan fingerprint density at radius 2 is 2.00 bits per heavy atom. The number of carbonyl (C=O) groups excluding carboxylic acids is 1. The van der Waals surface area contributed by atoms with Crippen LogP contribution in [0.2, 0.25) is 0 Å². The Hall–Kier alpha value is -1.60. The topological polar surface area (TPSA) is 43.8 Å². The molecule has 120 valence electrons. The average Bonchev–Trinajstić information content (AvgIpc) is 2.84. The number of nitrogens with zero attached hydrogens (tertiary/aromatic N) is 2. The molecule has 1 N–H and O–H groups in total. The molecule has 0 aliphatic carbocycles. The molecule has 2 atom stereocenters. The van der Waals surface area contributed by atoms with E-state index in [1.54, 1.807) is 4.90 Å². The number of aliphatic hydroxyl groups is 1. The van der Waals surface area contributed by atoms with Crippen LogP contribution in [0, 0.1) is 0 Å². The minimum Gasteiger partial charge on any atom is -0.392 e. The molecule has 1 aromatic carbocycles. The SMILES string of the molecule is O=C(c1cccc(C(F)(F)F)c1)N1CCN2C[C@H](O)C[C@@H]2C1. The summed E-state index contributed by atoms with van der Waals surface area (Å²) in [7, 11) is 0. The van der Waals surface area contributed by atoms with Crippen LogP contribution in [0.25, 0.3) is 0 Å². The second-order valence-corrected chi connectivity index (χ2v) is 5.87. The van der Waals surface area contributed by atoms with Gasteiger partial charge in [0.05, 0.1) is 11.7 Å². The monoisotopic (exact) mass is 314 g/mol. The highest BCUT2D eigenvalue weighted by atomic mass is 19.4. The van der Waals surface area contributed by atoms with Gasteiger partial charge in [-0.2, -0.15) is 13.2 Å². The lowest BCUT2D eigenvalue weighted by Crippen LogP contribution is -2.52. The highest BCUT2D eigenvalue weighted by Gasteiger charge is 2.37. The van der Waals surface area contributed by atoms with Crippen molar-refractivity contribution < 1.29 is 23.1 Å². The predicted octanol–water partition coefficient (Wildman–Crippen LogP) is 1.60. The molecular weight excluding hydrogens is 297 g/mol. The Bertz CT molecular complexity index is 576. The molecule has 0 unspecified atom stereocenters. The Labute approximate surface area is 126 Å². The lowest BCUT2D eigenvalue weighted by atomic mass is 10.1. The number of hydrogen-bond acceptors (Lipinski definition) is 3. The van der Waals surface area contributed by atoms with Crippen LogP contribution in [0.5, 0.6) is 0 Å². The zero-order valence-electron chi connectivity index (χ0n) is 11.9. The maximum atomic E-state index is 12.7. The first-order valence-electron chi connectivity index (χ1n) is 7.23. The molecule has 7 heteroatoms. The summed E-state index contributed by atoms with van der Waals surface area (Å²) in [6.45, 7) is 2.17. The maximum absolute atomic E-state index is 12.7. The number of benzene rings is 1. The average molecular weight is 314 g/mol.